The zero-order valence-electron chi connectivity index (χ0n) is 9.69. The van der Waals surface area contributed by atoms with Crippen LogP contribution in [0, 0.1) is 5.41 Å². The first-order valence-corrected chi connectivity index (χ1v) is 7.01. The molecule has 0 amide bonds. The van der Waals surface area contributed by atoms with Crippen LogP contribution in [0.25, 0.3) is 0 Å². The molecule has 0 aromatic rings. The maximum absolute atomic E-state index is 11.7. The number of rotatable bonds is 7. The molecule has 0 atom stereocenters. The molecule has 0 heterocycles. The minimum absolute atomic E-state index is 0.0203. The fourth-order valence-corrected chi connectivity index (χ4v) is 3.56. The van der Waals surface area contributed by atoms with Crippen LogP contribution < -0.4 is 0 Å². The summed E-state index contributed by atoms with van der Waals surface area (Å²) in [6.45, 7) is 0.205. The van der Waals surface area contributed by atoms with Gasteiger partial charge in [0.05, 0.1) is 31.6 Å². The molecule has 6 heteroatoms. The van der Waals surface area contributed by atoms with Crippen molar-refractivity contribution in [2.24, 2.45) is 5.41 Å². The van der Waals surface area contributed by atoms with Crippen molar-refractivity contribution in [1.29, 1.82) is 0 Å². The molecule has 0 bridgehead atoms. The molecule has 0 aliphatic heterocycles. The van der Waals surface area contributed by atoms with E-state index in [0.717, 1.165) is 12.8 Å². The first-order valence-electron chi connectivity index (χ1n) is 5.19. The highest BCUT2D eigenvalue weighted by atomic mass is 32.2. The van der Waals surface area contributed by atoms with Crippen molar-refractivity contribution in [3.63, 3.8) is 0 Å². The molecular formula is C10H18O5S. The number of carbonyl (C=O) groups excluding carboxylic acids is 1. The van der Waals surface area contributed by atoms with Crippen LogP contribution in [-0.2, 0) is 24.1 Å². The summed E-state index contributed by atoms with van der Waals surface area (Å²) in [5.74, 6) is -0.246. The Labute approximate surface area is 96.0 Å². The minimum atomic E-state index is -3.13. The lowest BCUT2D eigenvalue weighted by molar-refractivity contribution is -0.141. The van der Waals surface area contributed by atoms with E-state index in [-0.39, 0.29) is 35.9 Å². The number of sulfone groups is 1. The maximum Gasteiger partial charge on any atom is 0.306 e. The van der Waals surface area contributed by atoms with Crippen LogP contribution in [0.1, 0.15) is 19.3 Å². The Bertz CT molecular complexity index is 342. The van der Waals surface area contributed by atoms with Crippen LogP contribution in [0.4, 0.5) is 0 Å². The molecule has 1 rings (SSSR count). The lowest BCUT2D eigenvalue weighted by Gasteiger charge is -2.13. The van der Waals surface area contributed by atoms with Crippen molar-refractivity contribution in [3.8, 4) is 0 Å². The Kier molecular flexibility index (Phi) is 4.32. The summed E-state index contributed by atoms with van der Waals surface area (Å²) >= 11 is 0. The molecule has 16 heavy (non-hydrogen) atoms. The zero-order chi connectivity index (χ0) is 12.2. The van der Waals surface area contributed by atoms with E-state index in [9.17, 15) is 13.2 Å². The van der Waals surface area contributed by atoms with E-state index >= 15 is 0 Å². The first-order chi connectivity index (χ1) is 7.43. The third kappa shape index (κ3) is 4.09. The van der Waals surface area contributed by atoms with E-state index in [4.69, 9.17) is 4.74 Å². The van der Waals surface area contributed by atoms with Gasteiger partial charge < -0.3 is 9.47 Å². The van der Waals surface area contributed by atoms with Gasteiger partial charge in [0.25, 0.3) is 0 Å². The second-order valence-electron chi connectivity index (χ2n) is 4.34. The van der Waals surface area contributed by atoms with Crippen LogP contribution in [0.5, 0.6) is 0 Å². The molecule has 0 spiro atoms. The van der Waals surface area contributed by atoms with E-state index in [1.807, 2.05) is 0 Å². The summed E-state index contributed by atoms with van der Waals surface area (Å²) in [5.41, 5.74) is -0.361. The van der Waals surface area contributed by atoms with Gasteiger partial charge in [-0.25, -0.2) is 8.42 Å². The summed E-state index contributed by atoms with van der Waals surface area (Å²) in [6.07, 6.45) is 1.78. The highest BCUT2D eigenvalue weighted by Gasteiger charge is 2.47. The van der Waals surface area contributed by atoms with E-state index in [0.29, 0.717) is 0 Å². The number of hydrogen-bond donors (Lipinski definition) is 0. The third-order valence-corrected chi connectivity index (χ3v) is 4.67. The van der Waals surface area contributed by atoms with Crippen molar-refractivity contribution in [1.82, 2.24) is 0 Å². The number of hydrogen-bond acceptors (Lipinski definition) is 5. The first kappa shape index (κ1) is 13.4. The standard InChI is InChI=1S/C10H18O5S/c1-14-5-6-16(12,13)8-10(3-4-10)7-9(11)15-2/h3-8H2,1-2H3. The molecule has 0 radical (unpaired) electrons. The van der Waals surface area contributed by atoms with Gasteiger partial charge in [0.15, 0.2) is 9.84 Å². The third-order valence-electron chi connectivity index (χ3n) is 2.83. The molecule has 1 aliphatic rings. The predicted molar refractivity (Wildman–Crippen MR) is 58.8 cm³/mol. The number of carbonyl (C=O) groups is 1. The van der Waals surface area contributed by atoms with Crippen LogP contribution in [0.15, 0.2) is 0 Å². The Morgan fingerprint density at radius 2 is 1.94 bits per heavy atom. The molecule has 0 saturated heterocycles. The second kappa shape index (κ2) is 5.14. The van der Waals surface area contributed by atoms with Gasteiger partial charge in [0.2, 0.25) is 0 Å². The number of esters is 1. The van der Waals surface area contributed by atoms with Gasteiger partial charge in [-0.1, -0.05) is 0 Å². The lowest BCUT2D eigenvalue weighted by Crippen LogP contribution is -2.24. The summed E-state index contributed by atoms with van der Waals surface area (Å²) in [4.78, 5) is 11.1. The van der Waals surface area contributed by atoms with Gasteiger partial charge in [-0.2, -0.15) is 0 Å². The van der Waals surface area contributed by atoms with E-state index < -0.39 is 9.84 Å². The Morgan fingerprint density at radius 3 is 2.38 bits per heavy atom. The van der Waals surface area contributed by atoms with Crippen molar-refractivity contribution in [2.45, 2.75) is 19.3 Å². The lowest BCUT2D eigenvalue weighted by atomic mass is 10.1. The normalized spacial score (nSPS) is 18.1. The topological polar surface area (TPSA) is 69.7 Å². The van der Waals surface area contributed by atoms with Crippen molar-refractivity contribution in [2.75, 3.05) is 32.3 Å². The van der Waals surface area contributed by atoms with Gasteiger partial charge in [-0.05, 0) is 18.3 Å². The van der Waals surface area contributed by atoms with Crippen molar-refractivity contribution in [3.05, 3.63) is 0 Å². The minimum Gasteiger partial charge on any atom is -0.469 e. The van der Waals surface area contributed by atoms with E-state index in [1.165, 1.54) is 14.2 Å². The summed E-state index contributed by atoms with van der Waals surface area (Å²) in [7, 11) is -0.339. The summed E-state index contributed by atoms with van der Waals surface area (Å²) < 4.78 is 32.7. The Morgan fingerprint density at radius 1 is 1.31 bits per heavy atom. The molecule has 94 valence electrons. The van der Waals surface area contributed by atoms with Crippen LogP contribution in [-0.4, -0.2) is 46.7 Å². The molecule has 1 fully saturated rings. The van der Waals surface area contributed by atoms with Gasteiger partial charge in [-0.15, -0.1) is 0 Å². The molecule has 0 unspecified atom stereocenters. The molecule has 0 N–H and O–H groups in total. The highest BCUT2D eigenvalue weighted by Crippen LogP contribution is 2.50. The highest BCUT2D eigenvalue weighted by molar-refractivity contribution is 7.91. The van der Waals surface area contributed by atoms with Crippen molar-refractivity contribution < 1.29 is 22.7 Å². The van der Waals surface area contributed by atoms with Gasteiger partial charge in [-0.3, -0.25) is 4.79 Å². The average Bonchev–Trinajstić information content (AvgIpc) is 2.93. The van der Waals surface area contributed by atoms with Gasteiger partial charge >= 0.3 is 5.97 Å². The van der Waals surface area contributed by atoms with Crippen LogP contribution in [0.2, 0.25) is 0 Å². The quantitative estimate of drug-likeness (QED) is 0.611. The zero-order valence-corrected chi connectivity index (χ0v) is 10.5. The van der Waals surface area contributed by atoms with E-state index in [2.05, 4.69) is 4.74 Å². The predicted octanol–water partition coefficient (Wildman–Crippen LogP) is 0.391. The SMILES string of the molecule is COCCS(=O)(=O)CC1(CC(=O)OC)CC1. The van der Waals surface area contributed by atoms with E-state index in [1.54, 1.807) is 0 Å². The Balaban J connectivity index is 2.50. The summed E-state index contributed by atoms with van der Waals surface area (Å²) in [5, 5.41) is 0. The molecule has 0 aromatic heterocycles. The number of methoxy groups -OCH3 is 2. The smallest absolute Gasteiger partial charge is 0.306 e. The fourth-order valence-electron chi connectivity index (χ4n) is 1.68. The maximum atomic E-state index is 11.7. The average molecular weight is 250 g/mol. The molecule has 1 aliphatic carbocycles. The Hall–Kier alpha value is -0.620. The molecule has 5 nitrogen and oxygen atoms in total. The fraction of sp³-hybridized carbons (Fsp3) is 0.900. The number of ether oxygens (including phenoxy) is 2. The largest absolute Gasteiger partial charge is 0.469 e. The molecule has 1 saturated carbocycles. The van der Waals surface area contributed by atoms with Crippen molar-refractivity contribution >= 4 is 15.8 Å². The summed E-state index contributed by atoms with van der Waals surface area (Å²) in [6, 6.07) is 0. The van der Waals surface area contributed by atoms with Crippen LogP contribution >= 0.6 is 0 Å². The monoisotopic (exact) mass is 250 g/mol. The van der Waals surface area contributed by atoms with Gasteiger partial charge in [0, 0.05) is 7.11 Å². The molecule has 0 aromatic carbocycles. The molecular weight excluding hydrogens is 232 g/mol. The van der Waals surface area contributed by atoms with Crippen LogP contribution in [0.3, 0.4) is 0 Å². The second-order valence-corrected chi connectivity index (χ2v) is 6.52. The van der Waals surface area contributed by atoms with Gasteiger partial charge in [0.1, 0.15) is 0 Å².